The highest BCUT2D eigenvalue weighted by atomic mass is 16.4. The summed E-state index contributed by atoms with van der Waals surface area (Å²) in [6, 6.07) is 8.46. The summed E-state index contributed by atoms with van der Waals surface area (Å²) in [5, 5.41) is 11.8. The maximum atomic E-state index is 10.5. The van der Waals surface area contributed by atoms with Crippen molar-refractivity contribution in [3.63, 3.8) is 0 Å². The van der Waals surface area contributed by atoms with Crippen molar-refractivity contribution in [2.45, 2.75) is 32.2 Å². The molecule has 3 nitrogen and oxygen atoms in total. The van der Waals surface area contributed by atoms with Gasteiger partial charge in [-0.05, 0) is 31.0 Å². The normalized spacial score (nSPS) is 12.4. The minimum Gasteiger partial charge on any atom is -0.481 e. The Balaban J connectivity index is 2.66. The molecule has 0 aliphatic heterocycles. The minimum atomic E-state index is -0.745. The maximum absolute atomic E-state index is 10.5. The van der Waals surface area contributed by atoms with Gasteiger partial charge in [0.05, 0.1) is 0 Å². The third kappa shape index (κ3) is 3.66. The van der Waals surface area contributed by atoms with E-state index in [0.717, 1.165) is 12.0 Å². The summed E-state index contributed by atoms with van der Waals surface area (Å²) in [5.74, 6) is -0.745. The summed E-state index contributed by atoms with van der Waals surface area (Å²) < 4.78 is 0. The lowest BCUT2D eigenvalue weighted by atomic mass is 10.0. The van der Waals surface area contributed by atoms with Crippen molar-refractivity contribution in [3.8, 4) is 0 Å². The fraction of sp³-hybridized carbons (Fsp3) is 0.462. The van der Waals surface area contributed by atoms with Crippen molar-refractivity contribution in [3.05, 3.63) is 35.4 Å². The number of nitrogens with one attached hydrogen (secondary N) is 1. The van der Waals surface area contributed by atoms with Gasteiger partial charge in [-0.1, -0.05) is 31.2 Å². The van der Waals surface area contributed by atoms with Crippen LogP contribution in [0.2, 0.25) is 0 Å². The summed E-state index contributed by atoms with van der Waals surface area (Å²) >= 11 is 0. The number of carboxylic acid groups (broad SMARTS) is 1. The molecule has 1 rings (SSSR count). The first-order valence-electron chi connectivity index (χ1n) is 5.65. The van der Waals surface area contributed by atoms with E-state index in [4.69, 9.17) is 5.11 Å². The van der Waals surface area contributed by atoms with Gasteiger partial charge in [-0.25, -0.2) is 0 Å². The zero-order valence-corrected chi connectivity index (χ0v) is 9.86. The average Bonchev–Trinajstić information content (AvgIpc) is 2.30. The number of aryl methyl sites for hydroxylation is 1. The largest absolute Gasteiger partial charge is 0.481 e. The van der Waals surface area contributed by atoms with Crippen molar-refractivity contribution in [1.29, 1.82) is 0 Å². The number of carboxylic acids is 1. The fourth-order valence-electron chi connectivity index (χ4n) is 1.73. The SMILES string of the molecule is CCc1ccc(C(CCC(=O)O)NC)cc1. The van der Waals surface area contributed by atoms with Crippen molar-refractivity contribution in [1.82, 2.24) is 5.32 Å². The molecule has 1 atom stereocenters. The zero-order chi connectivity index (χ0) is 12.0. The number of aliphatic carboxylic acids is 1. The highest BCUT2D eigenvalue weighted by molar-refractivity contribution is 5.66. The van der Waals surface area contributed by atoms with Crippen LogP contribution in [0.3, 0.4) is 0 Å². The number of benzene rings is 1. The van der Waals surface area contributed by atoms with E-state index in [1.165, 1.54) is 5.56 Å². The molecule has 0 radical (unpaired) electrons. The predicted molar refractivity (Wildman–Crippen MR) is 64.5 cm³/mol. The van der Waals surface area contributed by atoms with Crippen LogP contribution in [0.5, 0.6) is 0 Å². The molecule has 1 aromatic rings. The summed E-state index contributed by atoms with van der Waals surface area (Å²) in [6.07, 6.45) is 1.85. The van der Waals surface area contributed by atoms with E-state index in [1.807, 2.05) is 7.05 Å². The van der Waals surface area contributed by atoms with Gasteiger partial charge in [-0.3, -0.25) is 4.79 Å². The average molecular weight is 221 g/mol. The lowest BCUT2D eigenvalue weighted by Gasteiger charge is -2.15. The van der Waals surface area contributed by atoms with E-state index in [9.17, 15) is 4.79 Å². The van der Waals surface area contributed by atoms with Gasteiger partial charge in [0.25, 0.3) is 0 Å². The lowest BCUT2D eigenvalue weighted by Crippen LogP contribution is -2.17. The van der Waals surface area contributed by atoms with Crippen molar-refractivity contribution >= 4 is 5.97 Å². The quantitative estimate of drug-likeness (QED) is 0.775. The van der Waals surface area contributed by atoms with E-state index < -0.39 is 5.97 Å². The molecular weight excluding hydrogens is 202 g/mol. The molecule has 1 aromatic carbocycles. The number of rotatable bonds is 6. The Labute approximate surface area is 96.5 Å². The number of hydrogen-bond donors (Lipinski definition) is 2. The summed E-state index contributed by atoms with van der Waals surface area (Å²) in [6.45, 7) is 2.12. The molecule has 1 unspecified atom stereocenters. The van der Waals surface area contributed by atoms with Gasteiger partial charge in [-0.2, -0.15) is 0 Å². The molecule has 0 aliphatic carbocycles. The van der Waals surface area contributed by atoms with Crippen LogP contribution in [0.4, 0.5) is 0 Å². The highest BCUT2D eigenvalue weighted by Crippen LogP contribution is 2.18. The fourth-order valence-corrected chi connectivity index (χ4v) is 1.73. The molecular formula is C13H19NO2. The minimum absolute atomic E-state index is 0.127. The van der Waals surface area contributed by atoms with E-state index >= 15 is 0 Å². The van der Waals surface area contributed by atoms with Gasteiger partial charge in [0.1, 0.15) is 0 Å². The summed E-state index contributed by atoms with van der Waals surface area (Å²) in [5.41, 5.74) is 2.46. The summed E-state index contributed by atoms with van der Waals surface area (Å²) in [4.78, 5) is 10.5. The Morgan fingerprint density at radius 3 is 2.44 bits per heavy atom. The topological polar surface area (TPSA) is 49.3 Å². The van der Waals surface area contributed by atoms with Gasteiger partial charge >= 0.3 is 5.97 Å². The standard InChI is InChI=1S/C13H19NO2/c1-3-10-4-6-11(7-5-10)12(14-2)8-9-13(15)16/h4-7,12,14H,3,8-9H2,1-2H3,(H,15,16). The molecule has 0 aliphatic rings. The van der Waals surface area contributed by atoms with Crippen LogP contribution in [-0.2, 0) is 11.2 Å². The molecule has 0 bridgehead atoms. The van der Waals surface area contributed by atoms with Crippen molar-refractivity contribution < 1.29 is 9.90 Å². The number of carbonyl (C=O) groups is 1. The third-order valence-electron chi connectivity index (χ3n) is 2.79. The first-order valence-corrected chi connectivity index (χ1v) is 5.65. The molecule has 0 saturated carbocycles. The van der Waals surface area contributed by atoms with Crippen molar-refractivity contribution in [2.75, 3.05) is 7.05 Å². The van der Waals surface area contributed by atoms with Gasteiger partial charge in [-0.15, -0.1) is 0 Å². The Kier molecular flexibility index (Phi) is 4.99. The number of hydrogen-bond acceptors (Lipinski definition) is 2. The van der Waals surface area contributed by atoms with Crippen LogP contribution >= 0.6 is 0 Å². The Hall–Kier alpha value is -1.35. The van der Waals surface area contributed by atoms with Crippen molar-refractivity contribution in [2.24, 2.45) is 0 Å². The molecule has 0 fully saturated rings. The molecule has 0 spiro atoms. The van der Waals surface area contributed by atoms with Gasteiger partial charge < -0.3 is 10.4 Å². The Morgan fingerprint density at radius 2 is 2.00 bits per heavy atom. The zero-order valence-electron chi connectivity index (χ0n) is 9.86. The van der Waals surface area contributed by atoms with Crippen LogP contribution in [0, 0.1) is 0 Å². The van der Waals surface area contributed by atoms with Crippen LogP contribution in [-0.4, -0.2) is 18.1 Å². The first-order chi connectivity index (χ1) is 7.67. The van der Waals surface area contributed by atoms with E-state index in [1.54, 1.807) is 0 Å². The maximum Gasteiger partial charge on any atom is 0.303 e. The smallest absolute Gasteiger partial charge is 0.303 e. The first kappa shape index (κ1) is 12.7. The monoisotopic (exact) mass is 221 g/mol. The second kappa shape index (κ2) is 6.28. The summed E-state index contributed by atoms with van der Waals surface area (Å²) in [7, 11) is 1.86. The molecule has 0 amide bonds. The second-order valence-electron chi connectivity index (χ2n) is 3.87. The van der Waals surface area contributed by atoms with Gasteiger partial charge in [0.15, 0.2) is 0 Å². The molecule has 0 saturated heterocycles. The predicted octanol–water partition coefficient (Wildman–Crippen LogP) is 2.37. The molecule has 88 valence electrons. The Morgan fingerprint density at radius 1 is 1.38 bits per heavy atom. The van der Waals surface area contributed by atoms with Crippen LogP contribution in [0.15, 0.2) is 24.3 Å². The van der Waals surface area contributed by atoms with E-state index in [2.05, 4.69) is 36.5 Å². The highest BCUT2D eigenvalue weighted by Gasteiger charge is 2.10. The van der Waals surface area contributed by atoms with Crippen LogP contribution in [0.1, 0.15) is 36.9 Å². The second-order valence-corrected chi connectivity index (χ2v) is 3.87. The third-order valence-corrected chi connectivity index (χ3v) is 2.79. The molecule has 0 heterocycles. The molecule has 3 heteroatoms. The van der Waals surface area contributed by atoms with E-state index in [-0.39, 0.29) is 12.5 Å². The van der Waals surface area contributed by atoms with Gasteiger partial charge in [0, 0.05) is 12.5 Å². The lowest BCUT2D eigenvalue weighted by molar-refractivity contribution is -0.137. The van der Waals surface area contributed by atoms with E-state index in [0.29, 0.717) is 6.42 Å². The molecule has 16 heavy (non-hydrogen) atoms. The molecule has 0 aromatic heterocycles. The van der Waals surface area contributed by atoms with Gasteiger partial charge in [0.2, 0.25) is 0 Å². The van der Waals surface area contributed by atoms with Crippen LogP contribution in [0.25, 0.3) is 0 Å². The van der Waals surface area contributed by atoms with Crippen LogP contribution < -0.4 is 5.32 Å². The Bertz CT molecular complexity index is 332. The molecule has 2 N–H and O–H groups in total.